The van der Waals surface area contributed by atoms with Crippen molar-refractivity contribution < 1.29 is 4.92 Å². The van der Waals surface area contributed by atoms with Crippen molar-refractivity contribution in [3.63, 3.8) is 0 Å². The standard InChI is InChI=1S/C14H17N3O2/c15-9-12-3-1-2-4-14(12)16-10-11-5-7-13(8-6-11)17(18)19/h5-8,12,14,16H,1-4,10H2. The molecule has 0 spiro atoms. The molecule has 1 N–H and O–H groups in total. The zero-order valence-corrected chi connectivity index (χ0v) is 10.7. The third kappa shape index (κ3) is 3.52. The van der Waals surface area contributed by atoms with Gasteiger partial charge < -0.3 is 5.32 Å². The van der Waals surface area contributed by atoms with E-state index < -0.39 is 4.92 Å². The van der Waals surface area contributed by atoms with Gasteiger partial charge >= 0.3 is 0 Å². The third-order valence-electron chi connectivity index (χ3n) is 3.65. The molecule has 0 aliphatic heterocycles. The number of nitrogens with zero attached hydrogens (tertiary/aromatic N) is 2. The van der Waals surface area contributed by atoms with E-state index >= 15 is 0 Å². The van der Waals surface area contributed by atoms with Crippen molar-refractivity contribution in [2.24, 2.45) is 5.92 Å². The monoisotopic (exact) mass is 259 g/mol. The lowest BCUT2D eigenvalue weighted by atomic mass is 9.85. The van der Waals surface area contributed by atoms with E-state index in [1.807, 2.05) is 0 Å². The van der Waals surface area contributed by atoms with Crippen LogP contribution in [0.1, 0.15) is 31.2 Å². The molecule has 2 rings (SSSR count). The normalized spacial score (nSPS) is 22.7. The van der Waals surface area contributed by atoms with E-state index in [1.54, 1.807) is 12.1 Å². The second-order valence-corrected chi connectivity index (χ2v) is 4.93. The maximum atomic E-state index is 10.6. The summed E-state index contributed by atoms with van der Waals surface area (Å²) in [5.41, 5.74) is 1.11. The Hall–Kier alpha value is -1.93. The van der Waals surface area contributed by atoms with E-state index in [9.17, 15) is 10.1 Å². The number of nitro benzene ring substituents is 1. The average Bonchev–Trinajstić information content (AvgIpc) is 2.45. The maximum absolute atomic E-state index is 10.6. The molecular formula is C14H17N3O2. The SMILES string of the molecule is N#CC1CCCCC1NCc1ccc([N+](=O)[O-])cc1. The molecule has 1 aliphatic carbocycles. The van der Waals surface area contributed by atoms with Gasteiger partial charge in [0, 0.05) is 24.7 Å². The second kappa shape index (κ2) is 6.30. The Morgan fingerprint density at radius 1 is 1.32 bits per heavy atom. The summed E-state index contributed by atoms with van der Waals surface area (Å²) in [5, 5.41) is 23.0. The zero-order valence-electron chi connectivity index (χ0n) is 10.7. The van der Waals surface area contributed by atoms with E-state index in [-0.39, 0.29) is 17.6 Å². The van der Waals surface area contributed by atoms with E-state index in [0.29, 0.717) is 6.54 Å². The van der Waals surface area contributed by atoms with Gasteiger partial charge in [-0.1, -0.05) is 25.0 Å². The molecule has 0 aromatic heterocycles. The number of benzene rings is 1. The first-order valence-corrected chi connectivity index (χ1v) is 6.57. The van der Waals surface area contributed by atoms with Gasteiger partial charge in [0.2, 0.25) is 0 Å². The molecule has 0 amide bonds. The number of hydrogen-bond acceptors (Lipinski definition) is 4. The van der Waals surface area contributed by atoms with Gasteiger partial charge in [-0.3, -0.25) is 10.1 Å². The van der Waals surface area contributed by atoms with Crippen LogP contribution in [0.5, 0.6) is 0 Å². The molecule has 0 radical (unpaired) electrons. The summed E-state index contributed by atoms with van der Waals surface area (Å²) in [7, 11) is 0. The molecule has 100 valence electrons. The number of nitro groups is 1. The molecule has 5 heteroatoms. The van der Waals surface area contributed by atoms with Crippen molar-refractivity contribution in [2.75, 3.05) is 0 Å². The number of nitrogens with one attached hydrogen (secondary N) is 1. The Morgan fingerprint density at radius 3 is 2.63 bits per heavy atom. The topological polar surface area (TPSA) is 79.0 Å². The van der Waals surface area contributed by atoms with Crippen molar-refractivity contribution in [2.45, 2.75) is 38.3 Å². The highest BCUT2D eigenvalue weighted by atomic mass is 16.6. The van der Waals surface area contributed by atoms with Gasteiger partial charge in [0.1, 0.15) is 0 Å². The number of hydrogen-bond donors (Lipinski definition) is 1. The fourth-order valence-corrected chi connectivity index (χ4v) is 2.51. The summed E-state index contributed by atoms with van der Waals surface area (Å²) in [6, 6.07) is 9.15. The molecule has 1 aliphatic rings. The van der Waals surface area contributed by atoms with E-state index in [0.717, 1.165) is 31.2 Å². The Morgan fingerprint density at radius 2 is 2.00 bits per heavy atom. The van der Waals surface area contributed by atoms with Crippen molar-refractivity contribution in [1.82, 2.24) is 5.32 Å². The van der Waals surface area contributed by atoms with Gasteiger partial charge in [0.05, 0.1) is 16.9 Å². The predicted molar refractivity (Wildman–Crippen MR) is 71.3 cm³/mol. The zero-order chi connectivity index (χ0) is 13.7. The largest absolute Gasteiger partial charge is 0.309 e. The van der Waals surface area contributed by atoms with Gasteiger partial charge in [-0.2, -0.15) is 5.26 Å². The lowest BCUT2D eigenvalue weighted by molar-refractivity contribution is -0.384. The fraction of sp³-hybridized carbons (Fsp3) is 0.500. The molecule has 0 heterocycles. The highest BCUT2D eigenvalue weighted by Gasteiger charge is 2.24. The van der Waals surface area contributed by atoms with Crippen molar-refractivity contribution >= 4 is 5.69 Å². The van der Waals surface area contributed by atoms with Crippen LogP contribution in [-0.4, -0.2) is 11.0 Å². The highest BCUT2D eigenvalue weighted by molar-refractivity contribution is 5.32. The van der Waals surface area contributed by atoms with Crippen LogP contribution in [0, 0.1) is 27.4 Å². The molecule has 1 aromatic rings. The molecule has 2 unspecified atom stereocenters. The predicted octanol–water partition coefficient (Wildman–Crippen LogP) is 2.77. The minimum atomic E-state index is -0.399. The van der Waals surface area contributed by atoms with Gasteiger partial charge in [-0.25, -0.2) is 0 Å². The minimum Gasteiger partial charge on any atom is -0.309 e. The van der Waals surface area contributed by atoms with E-state index in [4.69, 9.17) is 5.26 Å². The van der Waals surface area contributed by atoms with Crippen LogP contribution < -0.4 is 5.32 Å². The Balaban J connectivity index is 1.91. The second-order valence-electron chi connectivity index (χ2n) is 4.93. The summed E-state index contributed by atoms with van der Waals surface area (Å²) in [4.78, 5) is 10.2. The molecule has 5 nitrogen and oxygen atoms in total. The van der Waals surface area contributed by atoms with Crippen LogP contribution in [0.25, 0.3) is 0 Å². The van der Waals surface area contributed by atoms with E-state index in [1.165, 1.54) is 12.1 Å². The molecule has 1 fully saturated rings. The summed E-state index contributed by atoms with van der Waals surface area (Å²) in [6.45, 7) is 0.654. The molecule has 1 aromatic carbocycles. The summed E-state index contributed by atoms with van der Waals surface area (Å²) < 4.78 is 0. The van der Waals surface area contributed by atoms with Crippen LogP contribution in [0.2, 0.25) is 0 Å². The average molecular weight is 259 g/mol. The maximum Gasteiger partial charge on any atom is 0.269 e. The summed E-state index contributed by atoms with van der Waals surface area (Å²) in [6.07, 6.45) is 4.30. The number of nitriles is 1. The van der Waals surface area contributed by atoms with Crippen molar-refractivity contribution in [3.8, 4) is 6.07 Å². The van der Waals surface area contributed by atoms with Crippen LogP contribution in [0.4, 0.5) is 5.69 Å². The summed E-state index contributed by atoms with van der Waals surface area (Å²) in [5.74, 6) is 0.0896. The molecule has 2 atom stereocenters. The smallest absolute Gasteiger partial charge is 0.269 e. The highest BCUT2D eigenvalue weighted by Crippen LogP contribution is 2.24. The van der Waals surface area contributed by atoms with Gasteiger partial charge in [-0.05, 0) is 18.4 Å². The number of rotatable bonds is 4. The van der Waals surface area contributed by atoms with Gasteiger partial charge in [0.15, 0.2) is 0 Å². The van der Waals surface area contributed by atoms with Crippen LogP contribution >= 0.6 is 0 Å². The van der Waals surface area contributed by atoms with Gasteiger partial charge in [-0.15, -0.1) is 0 Å². The van der Waals surface area contributed by atoms with Crippen LogP contribution in [0.3, 0.4) is 0 Å². The first-order valence-electron chi connectivity index (χ1n) is 6.57. The lowest BCUT2D eigenvalue weighted by Crippen LogP contribution is -2.37. The van der Waals surface area contributed by atoms with Gasteiger partial charge in [0.25, 0.3) is 5.69 Å². The minimum absolute atomic E-state index is 0.0896. The Kier molecular flexibility index (Phi) is 4.48. The Labute approximate surface area is 112 Å². The van der Waals surface area contributed by atoms with Crippen LogP contribution in [-0.2, 0) is 6.54 Å². The molecule has 0 saturated heterocycles. The molecular weight excluding hydrogens is 242 g/mol. The number of non-ortho nitro benzene ring substituents is 1. The summed E-state index contributed by atoms with van der Waals surface area (Å²) >= 11 is 0. The quantitative estimate of drug-likeness (QED) is 0.666. The van der Waals surface area contributed by atoms with E-state index in [2.05, 4.69) is 11.4 Å². The fourth-order valence-electron chi connectivity index (χ4n) is 2.51. The molecule has 0 bridgehead atoms. The Bertz CT molecular complexity index is 478. The van der Waals surface area contributed by atoms with Crippen molar-refractivity contribution in [1.29, 1.82) is 5.26 Å². The van der Waals surface area contributed by atoms with Crippen LogP contribution in [0.15, 0.2) is 24.3 Å². The first kappa shape index (κ1) is 13.5. The molecule has 19 heavy (non-hydrogen) atoms. The lowest BCUT2D eigenvalue weighted by Gasteiger charge is -2.27. The molecule has 1 saturated carbocycles. The van der Waals surface area contributed by atoms with Crippen molar-refractivity contribution in [3.05, 3.63) is 39.9 Å². The third-order valence-corrected chi connectivity index (χ3v) is 3.65. The first-order chi connectivity index (χ1) is 9.20.